The Morgan fingerprint density at radius 3 is 2.33 bits per heavy atom. The summed E-state index contributed by atoms with van der Waals surface area (Å²) in [4.78, 5) is 0. The lowest BCUT2D eigenvalue weighted by Crippen LogP contribution is -2.33. The fourth-order valence-corrected chi connectivity index (χ4v) is 3.54. The van der Waals surface area contributed by atoms with Crippen molar-refractivity contribution in [3.8, 4) is 0 Å². The topological polar surface area (TPSA) is 54.4 Å². The van der Waals surface area contributed by atoms with E-state index in [9.17, 15) is 8.42 Å². The van der Waals surface area contributed by atoms with E-state index >= 15 is 0 Å². The zero-order valence-electron chi connectivity index (χ0n) is 6.81. The molecule has 1 aliphatic carbocycles. The molecule has 0 bridgehead atoms. The third kappa shape index (κ3) is 2.37. The average Bonchev–Trinajstić information content (AvgIpc) is 2.03. The minimum absolute atomic E-state index is 0.0390. The Morgan fingerprint density at radius 2 is 1.92 bits per heavy atom. The maximum absolute atomic E-state index is 10.9. The molecule has 0 aliphatic heterocycles. The van der Waals surface area contributed by atoms with E-state index in [-0.39, 0.29) is 5.92 Å². The third-order valence-corrected chi connectivity index (χ3v) is 4.31. The lowest BCUT2D eigenvalue weighted by Gasteiger charge is -2.27. The number of hydrogen-bond acceptors (Lipinski definition) is 3. The van der Waals surface area contributed by atoms with E-state index in [2.05, 4.69) is 12.6 Å². The van der Waals surface area contributed by atoms with Gasteiger partial charge in [-0.3, -0.25) is 4.55 Å². The van der Waals surface area contributed by atoms with E-state index in [4.69, 9.17) is 4.55 Å². The Labute approximate surface area is 78.7 Å². The molecule has 0 aromatic heterocycles. The highest BCUT2D eigenvalue weighted by Gasteiger charge is 2.33. The number of thiol groups is 1. The van der Waals surface area contributed by atoms with Gasteiger partial charge in [-0.2, -0.15) is 21.0 Å². The maximum atomic E-state index is 10.9. The van der Waals surface area contributed by atoms with E-state index < -0.39 is 15.4 Å². The summed E-state index contributed by atoms with van der Waals surface area (Å²) in [7, 11) is -3.84. The van der Waals surface area contributed by atoms with Crippen molar-refractivity contribution >= 4 is 22.7 Å². The third-order valence-electron chi connectivity index (χ3n) is 2.46. The summed E-state index contributed by atoms with van der Waals surface area (Å²) in [6.45, 7) is 0. The van der Waals surface area contributed by atoms with Crippen LogP contribution >= 0.6 is 12.6 Å². The zero-order chi connectivity index (χ0) is 9.19. The van der Waals surface area contributed by atoms with Crippen molar-refractivity contribution in [3.05, 3.63) is 0 Å². The Balaban J connectivity index is 2.72. The molecule has 0 spiro atoms. The van der Waals surface area contributed by atoms with Crippen molar-refractivity contribution in [2.24, 2.45) is 5.92 Å². The van der Waals surface area contributed by atoms with Gasteiger partial charge in [-0.25, -0.2) is 0 Å². The van der Waals surface area contributed by atoms with Gasteiger partial charge in [0.2, 0.25) is 0 Å². The van der Waals surface area contributed by atoms with Gasteiger partial charge in [-0.15, -0.1) is 0 Å². The van der Waals surface area contributed by atoms with Crippen molar-refractivity contribution in [3.63, 3.8) is 0 Å². The average molecular weight is 210 g/mol. The molecule has 72 valence electrons. The zero-order valence-corrected chi connectivity index (χ0v) is 8.52. The Hall–Kier alpha value is 0.260. The van der Waals surface area contributed by atoms with Gasteiger partial charge < -0.3 is 0 Å². The van der Waals surface area contributed by atoms with Crippen LogP contribution in [0.3, 0.4) is 0 Å². The normalized spacial score (nSPS) is 31.8. The molecule has 1 N–H and O–H groups in total. The minimum atomic E-state index is -3.84. The molecule has 0 amide bonds. The molecule has 12 heavy (non-hydrogen) atoms. The smallest absolute Gasteiger partial charge is 0.268 e. The van der Waals surface area contributed by atoms with E-state index in [1.54, 1.807) is 0 Å². The van der Waals surface area contributed by atoms with Gasteiger partial charge in [-0.1, -0.05) is 12.8 Å². The highest BCUT2D eigenvalue weighted by molar-refractivity contribution is 7.86. The van der Waals surface area contributed by atoms with Crippen LogP contribution in [0.2, 0.25) is 0 Å². The summed E-state index contributed by atoms with van der Waals surface area (Å²) in [5.41, 5.74) is 0. The van der Waals surface area contributed by atoms with Gasteiger partial charge in [0.05, 0.1) is 5.25 Å². The molecule has 2 unspecified atom stereocenters. The molecule has 0 aromatic rings. The highest BCUT2D eigenvalue weighted by atomic mass is 32.2. The lowest BCUT2D eigenvalue weighted by molar-refractivity contribution is 0.360. The standard InChI is InChI=1S/C7H14O3S2/c8-12(9,10)7-4-2-1-3-6(7)5-11/h6-7,11H,1-5H2,(H,8,9,10). The molecule has 1 rings (SSSR count). The second-order valence-corrected chi connectivity index (χ2v) is 5.28. The molecular weight excluding hydrogens is 196 g/mol. The maximum Gasteiger partial charge on any atom is 0.268 e. The predicted molar refractivity (Wildman–Crippen MR) is 51.1 cm³/mol. The van der Waals surface area contributed by atoms with Crippen LogP contribution in [-0.4, -0.2) is 24.0 Å². The number of rotatable bonds is 2. The Kier molecular flexibility index (Phi) is 3.43. The van der Waals surface area contributed by atoms with E-state index in [1.165, 1.54) is 0 Å². The molecule has 3 nitrogen and oxygen atoms in total. The van der Waals surface area contributed by atoms with Gasteiger partial charge in [0.15, 0.2) is 0 Å². The summed E-state index contributed by atoms with van der Waals surface area (Å²) in [5.74, 6) is 0.585. The summed E-state index contributed by atoms with van der Waals surface area (Å²) < 4.78 is 30.6. The van der Waals surface area contributed by atoms with Crippen LogP contribution in [0.5, 0.6) is 0 Å². The van der Waals surface area contributed by atoms with Crippen LogP contribution in [-0.2, 0) is 10.1 Å². The highest BCUT2D eigenvalue weighted by Crippen LogP contribution is 2.29. The molecule has 1 saturated carbocycles. The summed E-state index contributed by atoms with van der Waals surface area (Å²) in [6, 6.07) is 0. The molecule has 0 heterocycles. The van der Waals surface area contributed by atoms with Gasteiger partial charge >= 0.3 is 0 Å². The van der Waals surface area contributed by atoms with E-state index in [0.717, 1.165) is 19.3 Å². The lowest BCUT2D eigenvalue weighted by atomic mass is 9.90. The molecule has 5 heteroatoms. The quantitative estimate of drug-likeness (QED) is 0.534. The number of hydrogen-bond donors (Lipinski definition) is 2. The molecule has 0 saturated heterocycles. The predicted octanol–water partition coefficient (Wildman–Crippen LogP) is 1.36. The fraction of sp³-hybridized carbons (Fsp3) is 1.00. The Morgan fingerprint density at radius 1 is 1.33 bits per heavy atom. The van der Waals surface area contributed by atoms with Gasteiger partial charge in [0.1, 0.15) is 0 Å². The molecule has 2 atom stereocenters. The first-order chi connectivity index (χ1) is 5.55. The van der Waals surface area contributed by atoms with Gasteiger partial charge in [0, 0.05) is 0 Å². The molecule has 0 aromatic carbocycles. The van der Waals surface area contributed by atoms with Crippen LogP contribution < -0.4 is 0 Å². The van der Waals surface area contributed by atoms with Crippen molar-refractivity contribution in [2.45, 2.75) is 30.9 Å². The summed E-state index contributed by atoms with van der Waals surface area (Å²) in [5, 5.41) is -0.566. The van der Waals surface area contributed by atoms with Crippen LogP contribution in [0.15, 0.2) is 0 Å². The van der Waals surface area contributed by atoms with Crippen molar-refractivity contribution < 1.29 is 13.0 Å². The SMILES string of the molecule is O=S(=O)(O)C1CCCCC1CS. The fourth-order valence-electron chi connectivity index (χ4n) is 1.77. The van der Waals surface area contributed by atoms with Crippen LogP contribution in [0, 0.1) is 5.92 Å². The molecular formula is C7H14O3S2. The second-order valence-electron chi connectivity index (χ2n) is 3.28. The summed E-state index contributed by atoms with van der Waals surface area (Å²) >= 11 is 4.08. The van der Waals surface area contributed by atoms with E-state index in [0.29, 0.717) is 12.2 Å². The van der Waals surface area contributed by atoms with Gasteiger partial charge in [-0.05, 0) is 24.5 Å². The van der Waals surface area contributed by atoms with Crippen molar-refractivity contribution in [2.75, 3.05) is 5.75 Å². The Bertz CT molecular complexity index is 235. The molecule has 1 fully saturated rings. The molecule has 1 aliphatic rings. The first-order valence-corrected chi connectivity index (χ1v) is 6.26. The minimum Gasteiger partial charge on any atom is -0.285 e. The van der Waals surface area contributed by atoms with E-state index in [1.807, 2.05) is 0 Å². The monoisotopic (exact) mass is 210 g/mol. The largest absolute Gasteiger partial charge is 0.285 e. The molecule has 0 radical (unpaired) electrons. The van der Waals surface area contributed by atoms with Crippen molar-refractivity contribution in [1.29, 1.82) is 0 Å². The van der Waals surface area contributed by atoms with Crippen molar-refractivity contribution in [1.82, 2.24) is 0 Å². The summed E-state index contributed by atoms with van der Waals surface area (Å²) in [6.07, 6.45) is 3.41. The second kappa shape index (κ2) is 3.98. The van der Waals surface area contributed by atoms with Gasteiger partial charge in [0.25, 0.3) is 10.1 Å². The van der Waals surface area contributed by atoms with Crippen LogP contribution in [0.1, 0.15) is 25.7 Å². The first kappa shape index (κ1) is 10.3. The van der Waals surface area contributed by atoms with Crippen LogP contribution in [0.25, 0.3) is 0 Å². The van der Waals surface area contributed by atoms with Crippen LogP contribution in [0.4, 0.5) is 0 Å². The first-order valence-electron chi connectivity index (χ1n) is 4.13.